The fourth-order valence-electron chi connectivity index (χ4n) is 1.79. The molecule has 3 nitrogen and oxygen atoms in total. The lowest BCUT2D eigenvalue weighted by atomic mass is 10.1. The van der Waals surface area contributed by atoms with Crippen LogP contribution in [0.3, 0.4) is 0 Å². The predicted molar refractivity (Wildman–Crippen MR) is 65.0 cm³/mol. The van der Waals surface area contributed by atoms with E-state index in [-0.39, 0.29) is 6.04 Å². The molecule has 1 aromatic carbocycles. The molecule has 1 aromatic heterocycles. The smallest absolute Gasteiger partial charge is 0.130 e. The van der Waals surface area contributed by atoms with E-state index in [2.05, 4.69) is 10.4 Å². The van der Waals surface area contributed by atoms with E-state index >= 15 is 0 Å². The van der Waals surface area contributed by atoms with Crippen LogP contribution < -0.4 is 5.32 Å². The zero-order valence-corrected chi connectivity index (χ0v) is 10.1. The Labute approximate surface area is 104 Å². The summed E-state index contributed by atoms with van der Waals surface area (Å²) in [5.41, 5.74) is 0.469. The van der Waals surface area contributed by atoms with Gasteiger partial charge in [0.2, 0.25) is 0 Å². The maximum atomic E-state index is 13.5. The minimum absolute atomic E-state index is 0.166. The molecule has 5 heteroatoms. The summed E-state index contributed by atoms with van der Waals surface area (Å²) < 4.78 is 28.1. The van der Waals surface area contributed by atoms with Crippen LogP contribution in [0.2, 0.25) is 0 Å². The van der Waals surface area contributed by atoms with Crippen molar-refractivity contribution >= 4 is 0 Å². The third kappa shape index (κ3) is 3.13. The van der Waals surface area contributed by atoms with Crippen molar-refractivity contribution in [1.82, 2.24) is 15.1 Å². The van der Waals surface area contributed by atoms with Gasteiger partial charge in [0, 0.05) is 36.6 Å². The Hall–Kier alpha value is -1.75. The number of nitrogens with zero attached hydrogens (tertiary/aromatic N) is 2. The van der Waals surface area contributed by atoms with Gasteiger partial charge in [-0.25, -0.2) is 8.78 Å². The number of rotatable bonds is 5. The first-order valence-electron chi connectivity index (χ1n) is 5.82. The molecule has 1 atom stereocenters. The van der Waals surface area contributed by atoms with E-state index in [1.54, 1.807) is 10.9 Å². The van der Waals surface area contributed by atoms with Crippen LogP contribution in [0, 0.1) is 11.6 Å². The normalized spacial score (nSPS) is 12.6. The van der Waals surface area contributed by atoms with E-state index in [0.29, 0.717) is 18.7 Å². The lowest BCUT2D eigenvalue weighted by Gasteiger charge is -2.15. The Morgan fingerprint density at radius 3 is 2.89 bits per heavy atom. The molecule has 0 fully saturated rings. The Balaban J connectivity index is 1.89. The van der Waals surface area contributed by atoms with Crippen LogP contribution >= 0.6 is 0 Å². The van der Waals surface area contributed by atoms with E-state index < -0.39 is 11.6 Å². The molecule has 2 aromatic rings. The van der Waals surface area contributed by atoms with Gasteiger partial charge in [0.25, 0.3) is 0 Å². The summed E-state index contributed by atoms with van der Waals surface area (Å²) in [5.74, 6) is -1.07. The van der Waals surface area contributed by atoms with Gasteiger partial charge >= 0.3 is 0 Å². The maximum Gasteiger partial charge on any atom is 0.130 e. The SMILES string of the molecule is C[C@H](NCCn1cccn1)c1ccc(F)cc1F. The highest BCUT2D eigenvalue weighted by atomic mass is 19.1. The van der Waals surface area contributed by atoms with E-state index in [9.17, 15) is 8.78 Å². The number of benzene rings is 1. The Bertz CT molecular complexity index is 497. The number of halogens is 2. The van der Waals surface area contributed by atoms with Crippen molar-refractivity contribution in [2.24, 2.45) is 0 Å². The Morgan fingerprint density at radius 1 is 1.39 bits per heavy atom. The van der Waals surface area contributed by atoms with Crippen molar-refractivity contribution in [2.75, 3.05) is 6.54 Å². The first-order valence-corrected chi connectivity index (χ1v) is 5.82. The van der Waals surface area contributed by atoms with Gasteiger partial charge < -0.3 is 5.32 Å². The lowest BCUT2D eigenvalue weighted by molar-refractivity contribution is 0.486. The maximum absolute atomic E-state index is 13.5. The minimum Gasteiger partial charge on any atom is -0.308 e. The van der Waals surface area contributed by atoms with Crippen LogP contribution in [0.1, 0.15) is 18.5 Å². The van der Waals surface area contributed by atoms with E-state index in [1.165, 1.54) is 12.1 Å². The molecule has 0 bridgehead atoms. The zero-order chi connectivity index (χ0) is 13.0. The Kier molecular flexibility index (Phi) is 4.04. The van der Waals surface area contributed by atoms with Crippen molar-refractivity contribution in [1.29, 1.82) is 0 Å². The van der Waals surface area contributed by atoms with Crippen molar-refractivity contribution < 1.29 is 8.78 Å². The molecule has 0 aliphatic rings. The van der Waals surface area contributed by atoms with Crippen molar-refractivity contribution in [3.8, 4) is 0 Å². The van der Waals surface area contributed by atoms with Gasteiger partial charge in [-0.1, -0.05) is 6.07 Å². The summed E-state index contributed by atoms with van der Waals surface area (Å²) in [6.45, 7) is 3.22. The van der Waals surface area contributed by atoms with Gasteiger partial charge in [0.1, 0.15) is 11.6 Å². The summed E-state index contributed by atoms with van der Waals surface area (Å²) in [4.78, 5) is 0. The van der Waals surface area contributed by atoms with Gasteiger partial charge in [-0.05, 0) is 19.1 Å². The lowest BCUT2D eigenvalue weighted by Crippen LogP contribution is -2.24. The number of hydrogen-bond donors (Lipinski definition) is 1. The van der Waals surface area contributed by atoms with Gasteiger partial charge in [0.15, 0.2) is 0 Å². The average Bonchev–Trinajstić information content (AvgIpc) is 2.81. The number of hydrogen-bond acceptors (Lipinski definition) is 2. The van der Waals surface area contributed by atoms with Crippen LogP contribution in [0.25, 0.3) is 0 Å². The molecule has 0 unspecified atom stereocenters. The molecule has 0 spiro atoms. The molecule has 1 N–H and O–H groups in total. The molecule has 0 aliphatic carbocycles. The van der Waals surface area contributed by atoms with Gasteiger partial charge in [0.05, 0.1) is 6.54 Å². The average molecular weight is 251 g/mol. The van der Waals surface area contributed by atoms with Crippen LogP contribution in [-0.2, 0) is 6.54 Å². The molecule has 0 aliphatic heterocycles. The fourth-order valence-corrected chi connectivity index (χ4v) is 1.79. The molecule has 96 valence electrons. The molecule has 0 saturated carbocycles. The molecule has 1 heterocycles. The molecule has 18 heavy (non-hydrogen) atoms. The monoisotopic (exact) mass is 251 g/mol. The highest BCUT2D eigenvalue weighted by Crippen LogP contribution is 2.17. The molecule has 0 saturated heterocycles. The second-order valence-electron chi connectivity index (χ2n) is 4.11. The van der Waals surface area contributed by atoms with Gasteiger partial charge in [-0.2, -0.15) is 5.10 Å². The van der Waals surface area contributed by atoms with E-state index in [0.717, 1.165) is 6.07 Å². The predicted octanol–water partition coefficient (Wildman–Crippen LogP) is 2.51. The van der Waals surface area contributed by atoms with Crippen LogP contribution in [-0.4, -0.2) is 16.3 Å². The molecular formula is C13H15F2N3. The van der Waals surface area contributed by atoms with Crippen LogP contribution in [0.5, 0.6) is 0 Å². The quantitative estimate of drug-likeness (QED) is 0.885. The highest BCUT2D eigenvalue weighted by molar-refractivity contribution is 5.21. The zero-order valence-electron chi connectivity index (χ0n) is 10.1. The molecule has 2 rings (SSSR count). The van der Waals surface area contributed by atoms with E-state index in [4.69, 9.17) is 0 Å². The van der Waals surface area contributed by atoms with Crippen molar-refractivity contribution in [3.05, 3.63) is 53.9 Å². The Morgan fingerprint density at radius 2 is 2.22 bits per heavy atom. The van der Waals surface area contributed by atoms with Gasteiger partial charge in [-0.3, -0.25) is 4.68 Å². The third-order valence-electron chi connectivity index (χ3n) is 2.78. The first-order chi connectivity index (χ1) is 8.66. The summed E-state index contributed by atoms with van der Waals surface area (Å²) >= 11 is 0. The van der Waals surface area contributed by atoms with Crippen LogP contribution in [0.4, 0.5) is 8.78 Å². The minimum atomic E-state index is -0.556. The fraction of sp³-hybridized carbons (Fsp3) is 0.308. The first kappa shape index (κ1) is 12.7. The van der Waals surface area contributed by atoms with Crippen molar-refractivity contribution in [2.45, 2.75) is 19.5 Å². The summed E-state index contributed by atoms with van der Waals surface area (Å²) in [6, 6.07) is 5.32. The van der Waals surface area contributed by atoms with E-state index in [1.807, 2.05) is 19.2 Å². The molecule has 0 radical (unpaired) electrons. The summed E-state index contributed by atoms with van der Waals surface area (Å²) in [5, 5.41) is 7.24. The summed E-state index contributed by atoms with van der Waals surface area (Å²) in [7, 11) is 0. The third-order valence-corrected chi connectivity index (χ3v) is 2.78. The standard InChI is InChI=1S/C13H15F2N3/c1-10(12-4-3-11(14)9-13(12)15)16-6-8-18-7-2-5-17-18/h2-5,7,9-10,16H,6,8H2,1H3/t10-/m0/s1. The van der Waals surface area contributed by atoms with Crippen molar-refractivity contribution in [3.63, 3.8) is 0 Å². The largest absolute Gasteiger partial charge is 0.308 e. The summed E-state index contributed by atoms with van der Waals surface area (Å²) in [6.07, 6.45) is 3.58. The second kappa shape index (κ2) is 5.73. The van der Waals surface area contributed by atoms with Crippen LogP contribution in [0.15, 0.2) is 36.7 Å². The highest BCUT2D eigenvalue weighted by Gasteiger charge is 2.10. The molecule has 0 amide bonds. The second-order valence-corrected chi connectivity index (χ2v) is 4.11. The number of nitrogens with one attached hydrogen (secondary N) is 1. The molecular weight excluding hydrogens is 236 g/mol. The number of aromatic nitrogens is 2. The topological polar surface area (TPSA) is 29.9 Å². The van der Waals surface area contributed by atoms with Gasteiger partial charge in [-0.15, -0.1) is 0 Å².